The van der Waals surface area contributed by atoms with Crippen molar-refractivity contribution in [1.82, 2.24) is 4.98 Å². The molecule has 0 aliphatic heterocycles. The van der Waals surface area contributed by atoms with Crippen LogP contribution in [0.5, 0.6) is 0 Å². The van der Waals surface area contributed by atoms with E-state index in [9.17, 15) is 0 Å². The molecular weight excluding hydrogens is 134 g/mol. The lowest BCUT2D eigenvalue weighted by Gasteiger charge is -1.87. The summed E-state index contributed by atoms with van der Waals surface area (Å²) in [7, 11) is 0. The minimum absolute atomic E-state index is 0.396. The third-order valence-electron chi connectivity index (χ3n) is 0.871. The first-order chi connectivity index (χ1) is 4.33. The van der Waals surface area contributed by atoms with Crippen molar-refractivity contribution in [1.29, 1.82) is 0 Å². The predicted molar refractivity (Wildman–Crippen MR) is 35.5 cm³/mol. The molecule has 43 valence electrons. The molecule has 0 bridgehead atoms. The van der Waals surface area contributed by atoms with Crippen molar-refractivity contribution in [2.75, 3.05) is 0 Å². The van der Waals surface area contributed by atoms with Gasteiger partial charge in [-0.15, -0.1) is 0 Å². The van der Waals surface area contributed by atoms with Crippen LogP contribution in [-0.2, 0) is 0 Å². The van der Waals surface area contributed by atoms with E-state index in [0.29, 0.717) is 10.7 Å². The predicted octanol–water partition coefficient (Wildman–Crippen LogP) is 1.67. The molecule has 0 atom stereocenters. The average molecular weight is 137 g/mol. The topological polar surface area (TPSA) is 12.9 Å². The van der Waals surface area contributed by atoms with Crippen molar-refractivity contribution >= 4 is 11.6 Å². The molecule has 0 fully saturated rings. The molecule has 2 heteroatoms. The molecule has 1 rings (SSSR count). The van der Waals surface area contributed by atoms with E-state index in [-0.39, 0.29) is 0 Å². The van der Waals surface area contributed by atoms with E-state index < -0.39 is 0 Å². The van der Waals surface area contributed by atoms with Crippen LogP contribution >= 0.6 is 11.6 Å². The molecule has 0 saturated heterocycles. The standard InChI is InChI=1S/C7H3ClN/c1-2-6-3-4-9-7(8)5-6/h3-5H. The first kappa shape index (κ1) is 6.12. The highest BCUT2D eigenvalue weighted by atomic mass is 35.5. The molecule has 9 heavy (non-hydrogen) atoms. The van der Waals surface area contributed by atoms with Gasteiger partial charge in [-0.25, -0.2) is 4.98 Å². The summed E-state index contributed by atoms with van der Waals surface area (Å²) in [5, 5.41) is 0.396. The average Bonchev–Trinajstić information content (AvgIpc) is 1.88. The fourth-order valence-corrected chi connectivity index (χ4v) is 0.654. The smallest absolute Gasteiger partial charge is 0.130 e. The Bertz CT molecular complexity index is 249. The van der Waals surface area contributed by atoms with Gasteiger partial charge in [-0.05, 0) is 18.6 Å². The van der Waals surface area contributed by atoms with Crippen LogP contribution in [0.15, 0.2) is 18.3 Å². The molecule has 1 nitrogen and oxygen atoms in total. The van der Waals surface area contributed by atoms with Crippen molar-refractivity contribution in [3.8, 4) is 5.92 Å². The van der Waals surface area contributed by atoms with Gasteiger partial charge in [0.2, 0.25) is 0 Å². The van der Waals surface area contributed by atoms with E-state index in [1.54, 1.807) is 18.3 Å². The van der Waals surface area contributed by atoms with E-state index in [0.717, 1.165) is 0 Å². The van der Waals surface area contributed by atoms with E-state index in [2.05, 4.69) is 10.9 Å². The molecule has 1 heterocycles. The number of rotatable bonds is 0. The summed E-state index contributed by atoms with van der Waals surface area (Å²) in [5.74, 6) is 2.19. The summed E-state index contributed by atoms with van der Waals surface area (Å²) in [4.78, 5) is 3.73. The van der Waals surface area contributed by atoms with Crippen LogP contribution < -0.4 is 0 Å². The molecule has 1 aromatic rings. The Labute approximate surface area is 58.7 Å². The van der Waals surface area contributed by atoms with Crippen LogP contribution in [0.25, 0.3) is 0 Å². The summed E-state index contributed by atoms with van der Waals surface area (Å²) in [6.45, 7) is 0. The lowest BCUT2D eigenvalue weighted by atomic mass is 10.3. The third kappa shape index (κ3) is 1.45. The van der Waals surface area contributed by atoms with Crippen LogP contribution in [-0.4, -0.2) is 4.98 Å². The zero-order valence-corrected chi connectivity index (χ0v) is 5.31. The minimum Gasteiger partial charge on any atom is -0.244 e. The number of aromatic nitrogens is 1. The minimum atomic E-state index is 0.396. The molecule has 0 aliphatic rings. The molecule has 0 amide bonds. The van der Waals surface area contributed by atoms with E-state index in [1.165, 1.54) is 0 Å². The Morgan fingerprint density at radius 3 is 2.89 bits per heavy atom. The highest BCUT2D eigenvalue weighted by molar-refractivity contribution is 6.29. The van der Waals surface area contributed by atoms with Gasteiger partial charge < -0.3 is 0 Å². The van der Waals surface area contributed by atoms with Crippen LogP contribution in [0.2, 0.25) is 5.15 Å². The SMILES string of the molecule is [C]#Cc1ccnc(Cl)c1. The van der Waals surface area contributed by atoms with Gasteiger partial charge in [0.05, 0.1) is 0 Å². The van der Waals surface area contributed by atoms with Crippen LogP contribution in [0.1, 0.15) is 5.56 Å². The fraction of sp³-hybridized carbons (Fsp3) is 0. The lowest BCUT2D eigenvalue weighted by molar-refractivity contribution is 1.32. The van der Waals surface area contributed by atoms with E-state index >= 15 is 0 Å². The Hall–Kier alpha value is -1.00. The quantitative estimate of drug-likeness (QED) is 0.391. The Morgan fingerprint density at radius 1 is 1.67 bits per heavy atom. The Kier molecular flexibility index (Phi) is 1.72. The van der Waals surface area contributed by atoms with Crippen molar-refractivity contribution in [3.63, 3.8) is 0 Å². The molecule has 0 spiro atoms. The fourth-order valence-electron chi connectivity index (χ4n) is 0.480. The van der Waals surface area contributed by atoms with Gasteiger partial charge in [0, 0.05) is 11.8 Å². The summed E-state index contributed by atoms with van der Waals surface area (Å²) in [6, 6.07) is 3.24. The molecular formula is C7H3ClN. The van der Waals surface area contributed by atoms with Crippen molar-refractivity contribution < 1.29 is 0 Å². The molecule has 0 N–H and O–H groups in total. The van der Waals surface area contributed by atoms with Gasteiger partial charge >= 0.3 is 0 Å². The van der Waals surface area contributed by atoms with Crippen molar-refractivity contribution in [2.24, 2.45) is 0 Å². The number of pyridine rings is 1. The largest absolute Gasteiger partial charge is 0.244 e. The maximum atomic E-state index is 6.70. The third-order valence-corrected chi connectivity index (χ3v) is 1.08. The Balaban J connectivity index is 3.12. The van der Waals surface area contributed by atoms with Gasteiger partial charge in [-0.1, -0.05) is 17.5 Å². The first-order valence-electron chi connectivity index (χ1n) is 2.37. The molecule has 1 aromatic heterocycles. The van der Waals surface area contributed by atoms with E-state index in [4.69, 9.17) is 18.0 Å². The van der Waals surface area contributed by atoms with Crippen molar-refractivity contribution in [3.05, 3.63) is 35.5 Å². The highest BCUT2D eigenvalue weighted by Crippen LogP contribution is 2.04. The lowest BCUT2D eigenvalue weighted by Crippen LogP contribution is -1.75. The molecule has 1 radical (unpaired) electrons. The first-order valence-corrected chi connectivity index (χ1v) is 2.75. The summed E-state index contributed by atoms with van der Waals surface area (Å²) in [5.41, 5.74) is 0.648. The zero-order chi connectivity index (χ0) is 6.69. The maximum Gasteiger partial charge on any atom is 0.130 e. The number of halogens is 1. The molecule has 0 aromatic carbocycles. The molecule has 0 aliphatic carbocycles. The van der Waals surface area contributed by atoms with Crippen LogP contribution in [0.4, 0.5) is 0 Å². The van der Waals surface area contributed by atoms with Gasteiger partial charge in [0.25, 0.3) is 0 Å². The van der Waals surface area contributed by atoms with Gasteiger partial charge in [0.1, 0.15) is 5.15 Å². The number of hydrogen-bond donors (Lipinski definition) is 0. The molecule has 0 saturated carbocycles. The second-order valence-corrected chi connectivity index (χ2v) is 1.88. The van der Waals surface area contributed by atoms with Gasteiger partial charge in [-0.3, -0.25) is 0 Å². The summed E-state index contributed by atoms with van der Waals surface area (Å²) < 4.78 is 0. The normalized spacial score (nSPS) is 8.44. The van der Waals surface area contributed by atoms with Gasteiger partial charge in [-0.2, -0.15) is 0 Å². The monoisotopic (exact) mass is 136 g/mol. The second kappa shape index (κ2) is 2.52. The number of nitrogens with zero attached hydrogens (tertiary/aromatic N) is 1. The summed E-state index contributed by atoms with van der Waals surface area (Å²) >= 11 is 5.49. The Morgan fingerprint density at radius 2 is 2.44 bits per heavy atom. The molecule has 0 unspecified atom stereocenters. The maximum absolute atomic E-state index is 6.70. The highest BCUT2D eigenvalue weighted by Gasteiger charge is 1.87. The van der Waals surface area contributed by atoms with Crippen LogP contribution in [0.3, 0.4) is 0 Å². The van der Waals surface area contributed by atoms with Gasteiger partial charge in [0.15, 0.2) is 0 Å². The number of hydrogen-bond acceptors (Lipinski definition) is 1. The van der Waals surface area contributed by atoms with Crippen molar-refractivity contribution in [2.45, 2.75) is 0 Å². The van der Waals surface area contributed by atoms with Crippen LogP contribution in [0, 0.1) is 12.3 Å². The summed E-state index contributed by atoms with van der Waals surface area (Å²) in [6.07, 6.45) is 8.24. The second-order valence-electron chi connectivity index (χ2n) is 1.49. The van der Waals surface area contributed by atoms with E-state index in [1.807, 2.05) is 0 Å². The zero-order valence-electron chi connectivity index (χ0n) is 4.56.